The van der Waals surface area contributed by atoms with Crippen LogP contribution in [0.4, 0.5) is 0 Å². The summed E-state index contributed by atoms with van der Waals surface area (Å²) in [6.07, 6.45) is 12.2. The predicted molar refractivity (Wildman–Crippen MR) is 225 cm³/mol. The molecular weight excluding hydrogens is 715 g/mol. The van der Waals surface area contributed by atoms with Crippen molar-refractivity contribution in [2.24, 2.45) is 23.3 Å². The van der Waals surface area contributed by atoms with Crippen LogP contribution in [0.25, 0.3) is 44.7 Å². The average Bonchev–Trinajstić information content (AvgIpc) is 4.06. The number of hydrogen-bond donors (Lipinski definition) is 5. The summed E-state index contributed by atoms with van der Waals surface area (Å²) in [5.74, 6) is 2.79. The smallest absolute Gasteiger partial charge is 0.240 e. The lowest BCUT2D eigenvalue weighted by molar-refractivity contribution is -0.134. The van der Waals surface area contributed by atoms with E-state index in [2.05, 4.69) is 68.8 Å². The van der Waals surface area contributed by atoms with Crippen LogP contribution in [0.1, 0.15) is 122 Å². The molecule has 12 heteroatoms. The fourth-order valence-corrected chi connectivity index (χ4v) is 9.11. The van der Waals surface area contributed by atoms with Crippen molar-refractivity contribution < 1.29 is 14.6 Å². The second-order valence-electron chi connectivity index (χ2n) is 17.3. The molecule has 3 aromatic heterocycles. The van der Waals surface area contributed by atoms with Gasteiger partial charge in [-0.3, -0.25) is 9.69 Å². The molecule has 5 aromatic rings. The molecule has 0 aliphatic carbocycles. The number of ether oxygens (including phenoxy) is 1. The number of fused-ring (bicyclic) bond motifs is 5. The van der Waals surface area contributed by atoms with Gasteiger partial charge in [-0.2, -0.15) is 0 Å². The van der Waals surface area contributed by atoms with Crippen LogP contribution >= 0.6 is 0 Å². The van der Waals surface area contributed by atoms with Crippen molar-refractivity contribution in [1.29, 1.82) is 0 Å². The van der Waals surface area contributed by atoms with Gasteiger partial charge in [0.2, 0.25) is 5.91 Å². The number of nitrogens with zero attached hydrogens (tertiary/aromatic N) is 5. The van der Waals surface area contributed by atoms with E-state index in [1.807, 2.05) is 45.0 Å². The summed E-state index contributed by atoms with van der Waals surface area (Å²) in [6.45, 7) is 11.8. The summed E-state index contributed by atoms with van der Waals surface area (Å²) in [4.78, 5) is 34.0. The topological polar surface area (TPSA) is 167 Å². The lowest BCUT2D eigenvalue weighted by Crippen LogP contribution is -2.50. The maximum absolute atomic E-state index is 13.2. The Kier molecular flexibility index (Phi) is 11.3. The highest BCUT2D eigenvalue weighted by Crippen LogP contribution is 2.46. The van der Waals surface area contributed by atoms with Gasteiger partial charge in [-0.1, -0.05) is 66.0 Å². The minimum atomic E-state index is -0.716. The number of nitrogens with one attached hydrogen (secondary N) is 2. The number of unbranched alkanes of at least 4 members (excludes halogenated alkanes) is 3. The molecule has 6 atom stereocenters. The lowest BCUT2D eigenvalue weighted by atomic mass is 10.0. The number of aliphatic hydroxyl groups is 1. The molecule has 57 heavy (non-hydrogen) atoms. The van der Waals surface area contributed by atoms with Crippen molar-refractivity contribution in [2.45, 2.75) is 129 Å². The molecule has 0 spiro atoms. The fraction of sp³-hybridized carbons (Fsp3) is 0.533. The Bertz CT molecular complexity index is 2180. The molecule has 3 aliphatic heterocycles. The van der Waals surface area contributed by atoms with Gasteiger partial charge >= 0.3 is 0 Å². The van der Waals surface area contributed by atoms with E-state index in [1.165, 1.54) is 19.3 Å². The molecule has 1 amide bonds. The Morgan fingerprint density at radius 1 is 0.877 bits per heavy atom. The molecule has 2 fully saturated rings. The fourth-order valence-electron chi connectivity index (χ4n) is 9.11. The number of aliphatic hydroxyl groups excluding tert-OH is 1. The molecule has 0 radical (unpaired) electrons. The van der Waals surface area contributed by atoms with E-state index in [0.29, 0.717) is 6.54 Å². The van der Waals surface area contributed by atoms with Gasteiger partial charge in [0.05, 0.1) is 53.1 Å². The average molecular weight is 776 g/mol. The van der Waals surface area contributed by atoms with Gasteiger partial charge in [0.15, 0.2) is 6.23 Å². The molecule has 304 valence electrons. The number of H-pyrrole nitrogens is 2. The highest BCUT2D eigenvalue weighted by atomic mass is 16.5. The quantitative estimate of drug-likeness (QED) is 0.0707. The van der Waals surface area contributed by atoms with Crippen LogP contribution in [-0.2, 0) is 4.79 Å². The van der Waals surface area contributed by atoms with Crippen molar-refractivity contribution in [1.82, 2.24) is 34.3 Å². The number of amides is 1. The molecule has 3 aliphatic rings. The van der Waals surface area contributed by atoms with E-state index in [9.17, 15) is 9.90 Å². The van der Waals surface area contributed by atoms with Crippen molar-refractivity contribution in [3.63, 3.8) is 0 Å². The largest absolute Gasteiger partial charge is 0.469 e. The molecule has 2 unspecified atom stereocenters. The van der Waals surface area contributed by atoms with Gasteiger partial charge in [0, 0.05) is 47.6 Å². The Morgan fingerprint density at radius 2 is 1.56 bits per heavy atom. The van der Waals surface area contributed by atoms with Gasteiger partial charge in [0.25, 0.3) is 0 Å². The monoisotopic (exact) mass is 775 g/mol. The summed E-state index contributed by atoms with van der Waals surface area (Å²) >= 11 is 0. The zero-order valence-corrected chi connectivity index (χ0v) is 34.2. The zero-order valence-electron chi connectivity index (χ0n) is 34.2. The minimum absolute atomic E-state index is 0.00118. The number of carbonyl (C=O) groups excluding carboxylic acids is 1. The summed E-state index contributed by atoms with van der Waals surface area (Å²) in [6, 6.07) is 14.4. The minimum Gasteiger partial charge on any atom is -0.469 e. The number of aromatic amines is 2. The van der Waals surface area contributed by atoms with E-state index in [1.54, 1.807) is 0 Å². The number of aromatic nitrogens is 5. The number of nitrogens with two attached hydrogens (primary N) is 2. The number of hydrogen-bond acceptors (Lipinski definition) is 8. The van der Waals surface area contributed by atoms with E-state index in [-0.39, 0.29) is 42.1 Å². The van der Waals surface area contributed by atoms with Crippen LogP contribution in [0.15, 0.2) is 54.9 Å². The molecular formula is C45H61N9O3. The van der Waals surface area contributed by atoms with E-state index >= 15 is 0 Å². The maximum Gasteiger partial charge on any atom is 0.240 e. The first kappa shape index (κ1) is 39.3. The van der Waals surface area contributed by atoms with Crippen molar-refractivity contribution in [2.75, 3.05) is 13.1 Å². The first-order valence-corrected chi connectivity index (χ1v) is 21.4. The third-order valence-electron chi connectivity index (χ3n) is 12.7. The maximum atomic E-state index is 13.2. The molecule has 6 heterocycles. The Balaban J connectivity index is 1.08. The first-order chi connectivity index (χ1) is 27.5. The third-order valence-corrected chi connectivity index (χ3v) is 12.7. The first-order valence-electron chi connectivity index (χ1n) is 21.4. The van der Waals surface area contributed by atoms with Gasteiger partial charge in [-0.05, 0) is 74.3 Å². The Hall–Kier alpha value is -4.49. The number of rotatable bonds is 14. The van der Waals surface area contributed by atoms with E-state index < -0.39 is 12.3 Å². The van der Waals surface area contributed by atoms with Crippen molar-refractivity contribution in [3.05, 3.63) is 66.5 Å². The number of carbonyl (C=O) groups is 1. The van der Waals surface area contributed by atoms with Crippen molar-refractivity contribution in [3.8, 4) is 39.5 Å². The highest BCUT2D eigenvalue weighted by Gasteiger charge is 2.37. The van der Waals surface area contributed by atoms with Gasteiger partial charge in [-0.15, -0.1) is 0 Å². The Morgan fingerprint density at radius 3 is 2.28 bits per heavy atom. The second kappa shape index (κ2) is 16.4. The summed E-state index contributed by atoms with van der Waals surface area (Å²) in [5.41, 5.74) is 19.9. The number of imidazole rings is 2. The standard InChI is InChI=1S/C45H61N9O3/c1-6-7-8-9-14-39-54-34-18-16-28(32-24-48-42(50-32)35-12-10-19-52(35)44(55)40(46)26(2)3)21-30(34)22-37(54)31-17-15-29(23-38(31)57-39)33-25-49-43(51-33)36-13-11-20-53(36)45(56)41(47)27(4)5/h15-18,21-27,35-36,39-41,45,56H,6-14,19-20,46-47H2,1-5H3,(H,48,50)(H,49,51)/t35-,36-,39?,40-,41-,45?/m0/s1. The van der Waals surface area contributed by atoms with Crippen molar-refractivity contribution >= 4 is 16.8 Å². The normalized spacial score (nSPS) is 21.3. The lowest BCUT2D eigenvalue weighted by Gasteiger charge is -2.33. The van der Waals surface area contributed by atoms with Crippen LogP contribution in [0.2, 0.25) is 0 Å². The molecule has 2 saturated heterocycles. The van der Waals surface area contributed by atoms with Gasteiger partial charge < -0.3 is 40.7 Å². The van der Waals surface area contributed by atoms with E-state index in [0.717, 1.165) is 107 Å². The molecule has 0 saturated carbocycles. The third kappa shape index (κ3) is 7.53. The number of benzene rings is 2. The molecule has 7 N–H and O–H groups in total. The van der Waals surface area contributed by atoms with Crippen LogP contribution in [0.5, 0.6) is 5.75 Å². The van der Waals surface area contributed by atoms with Crippen LogP contribution in [0.3, 0.4) is 0 Å². The van der Waals surface area contributed by atoms with Gasteiger partial charge in [0.1, 0.15) is 23.6 Å². The SMILES string of the molecule is CCCCCCC1Oc2cc(-c3cnc([C@@H]4CCCN4C(O)[C@@H](N)C(C)C)[nH]3)ccc2-c2cc3cc(-c4cnc([C@@H]5CCCN5C(=O)[C@@H](N)C(C)C)[nH]4)ccc3n21. The molecule has 12 nitrogen and oxygen atoms in total. The van der Waals surface area contributed by atoms with Gasteiger partial charge in [-0.25, -0.2) is 9.97 Å². The number of likely N-dealkylation sites (tertiary alicyclic amines) is 2. The molecule has 2 aromatic carbocycles. The summed E-state index contributed by atoms with van der Waals surface area (Å²) < 4.78 is 9.30. The summed E-state index contributed by atoms with van der Waals surface area (Å²) in [5, 5.41) is 12.3. The van der Waals surface area contributed by atoms with Crippen LogP contribution in [0, 0.1) is 11.8 Å². The van der Waals surface area contributed by atoms with Crippen LogP contribution < -0.4 is 16.2 Å². The molecule has 8 rings (SSSR count). The highest BCUT2D eigenvalue weighted by molar-refractivity contribution is 5.92. The summed E-state index contributed by atoms with van der Waals surface area (Å²) in [7, 11) is 0. The molecule has 0 bridgehead atoms. The van der Waals surface area contributed by atoms with Crippen LogP contribution in [-0.4, -0.2) is 76.7 Å². The predicted octanol–water partition coefficient (Wildman–Crippen LogP) is 8.04. The Labute approximate surface area is 336 Å². The zero-order chi connectivity index (χ0) is 40.0. The second-order valence-corrected chi connectivity index (χ2v) is 17.3. The van der Waals surface area contributed by atoms with E-state index in [4.69, 9.17) is 26.2 Å².